The Morgan fingerprint density at radius 1 is 1.38 bits per heavy atom. The Hall–Kier alpha value is -1.40. The predicted molar refractivity (Wildman–Crippen MR) is 52.5 cm³/mol. The molecule has 0 aliphatic carbocycles. The van der Waals surface area contributed by atoms with Crippen molar-refractivity contribution in [2.24, 2.45) is 4.99 Å². The van der Waals surface area contributed by atoms with Gasteiger partial charge in [0.2, 0.25) is 6.08 Å². The molecule has 0 saturated carbocycles. The summed E-state index contributed by atoms with van der Waals surface area (Å²) < 4.78 is 0. The molecule has 2 nitrogen and oxygen atoms in total. The second-order valence-corrected chi connectivity index (χ2v) is 3.07. The Labute approximate surface area is 78.3 Å². The van der Waals surface area contributed by atoms with E-state index < -0.39 is 0 Å². The van der Waals surface area contributed by atoms with E-state index in [9.17, 15) is 4.79 Å². The molecule has 2 heteroatoms. The molecule has 0 radical (unpaired) electrons. The van der Waals surface area contributed by atoms with Crippen LogP contribution in [0.25, 0.3) is 0 Å². The molecule has 0 fully saturated rings. The summed E-state index contributed by atoms with van der Waals surface area (Å²) in [6.07, 6.45) is 2.45. The fraction of sp³-hybridized carbons (Fsp3) is 0.364. The largest absolute Gasteiger partial charge is 0.234 e. The number of isocyanates is 1. The molecule has 0 amide bonds. The minimum Gasteiger partial charge on any atom is -0.211 e. The van der Waals surface area contributed by atoms with Crippen LogP contribution in [0.3, 0.4) is 0 Å². The number of benzene rings is 1. The lowest BCUT2D eigenvalue weighted by Gasteiger charge is -2.08. The van der Waals surface area contributed by atoms with Crippen molar-refractivity contribution < 1.29 is 4.79 Å². The van der Waals surface area contributed by atoms with Gasteiger partial charge in [0.05, 0.1) is 6.54 Å². The number of hydrogen-bond donors (Lipinski definition) is 0. The first kappa shape index (κ1) is 9.69. The first-order valence-corrected chi connectivity index (χ1v) is 4.43. The van der Waals surface area contributed by atoms with Crippen LogP contribution >= 0.6 is 0 Å². The second kappa shape index (κ2) is 5.28. The van der Waals surface area contributed by atoms with Gasteiger partial charge in [0.1, 0.15) is 0 Å². The summed E-state index contributed by atoms with van der Waals surface area (Å²) in [5.41, 5.74) is 1.29. The van der Waals surface area contributed by atoms with Gasteiger partial charge in [-0.2, -0.15) is 0 Å². The van der Waals surface area contributed by atoms with E-state index in [1.165, 1.54) is 5.56 Å². The lowest BCUT2D eigenvalue weighted by molar-refractivity contribution is 0.561. The molecule has 0 N–H and O–H groups in total. The molecule has 1 aromatic carbocycles. The van der Waals surface area contributed by atoms with Crippen LogP contribution in [0.2, 0.25) is 0 Å². The topological polar surface area (TPSA) is 29.4 Å². The van der Waals surface area contributed by atoms with Gasteiger partial charge in [0, 0.05) is 0 Å². The lowest BCUT2D eigenvalue weighted by Crippen LogP contribution is -1.95. The zero-order valence-corrected chi connectivity index (χ0v) is 7.73. The molecule has 1 aromatic rings. The smallest absolute Gasteiger partial charge is 0.211 e. The van der Waals surface area contributed by atoms with E-state index in [0.717, 1.165) is 6.42 Å². The maximum absolute atomic E-state index is 9.83. The number of aliphatic imine (C=N–C) groups is 1. The van der Waals surface area contributed by atoms with E-state index in [1.807, 2.05) is 18.2 Å². The summed E-state index contributed by atoms with van der Waals surface area (Å²) in [7, 11) is 0. The molecule has 0 saturated heterocycles. The maximum Gasteiger partial charge on any atom is 0.234 e. The van der Waals surface area contributed by atoms with Gasteiger partial charge in [-0.15, -0.1) is 0 Å². The van der Waals surface area contributed by atoms with Gasteiger partial charge in [-0.25, -0.2) is 9.79 Å². The molecule has 1 atom stereocenters. The van der Waals surface area contributed by atoms with Gasteiger partial charge < -0.3 is 0 Å². The molecule has 0 aromatic heterocycles. The van der Waals surface area contributed by atoms with Gasteiger partial charge >= 0.3 is 0 Å². The lowest BCUT2D eigenvalue weighted by atomic mass is 9.98. The van der Waals surface area contributed by atoms with Crippen LogP contribution in [-0.4, -0.2) is 12.6 Å². The summed E-state index contributed by atoms with van der Waals surface area (Å²) in [6.45, 7) is 2.70. The molecule has 1 rings (SSSR count). The van der Waals surface area contributed by atoms with E-state index in [-0.39, 0.29) is 0 Å². The Balaban J connectivity index is 2.48. The zero-order valence-electron chi connectivity index (χ0n) is 7.73. The minimum absolute atomic E-state index is 0.457. The number of carbonyl (C=O) groups excluding carboxylic acids is 1. The monoisotopic (exact) mass is 175 g/mol. The van der Waals surface area contributed by atoms with Gasteiger partial charge in [-0.05, 0) is 17.9 Å². The van der Waals surface area contributed by atoms with Crippen molar-refractivity contribution in [1.82, 2.24) is 0 Å². The van der Waals surface area contributed by atoms with Crippen LogP contribution in [-0.2, 0) is 4.79 Å². The molecule has 1 unspecified atom stereocenters. The van der Waals surface area contributed by atoms with Crippen molar-refractivity contribution in [3.63, 3.8) is 0 Å². The normalized spacial score (nSPS) is 11.8. The molecule has 0 heterocycles. The minimum atomic E-state index is 0.457. The number of rotatable bonds is 4. The molecule has 68 valence electrons. The highest BCUT2D eigenvalue weighted by Crippen LogP contribution is 2.17. The Morgan fingerprint density at radius 3 is 2.69 bits per heavy atom. The molecular formula is C11H13NO. The average molecular weight is 175 g/mol. The van der Waals surface area contributed by atoms with Crippen LogP contribution in [0.15, 0.2) is 35.3 Å². The number of hydrogen-bond acceptors (Lipinski definition) is 2. The van der Waals surface area contributed by atoms with Crippen molar-refractivity contribution >= 4 is 6.08 Å². The summed E-state index contributed by atoms with van der Waals surface area (Å²) in [6, 6.07) is 10.2. The van der Waals surface area contributed by atoms with Gasteiger partial charge in [-0.3, -0.25) is 0 Å². The van der Waals surface area contributed by atoms with Crippen LogP contribution < -0.4 is 0 Å². The maximum atomic E-state index is 9.83. The predicted octanol–water partition coefficient (Wildman–Crippen LogP) is 2.52. The summed E-state index contributed by atoms with van der Waals surface area (Å²) in [5.74, 6) is 0.457. The highest BCUT2D eigenvalue weighted by atomic mass is 16.1. The molecule has 0 aliphatic heterocycles. The third-order valence-corrected chi connectivity index (χ3v) is 2.11. The fourth-order valence-electron chi connectivity index (χ4n) is 1.25. The van der Waals surface area contributed by atoms with Crippen LogP contribution in [0.4, 0.5) is 0 Å². The first-order valence-electron chi connectivity index (χ1n) is 4.43. The van der Waals surface area contributed by atoms with E-state index in [1.54, 1.807) is 6.08 Å². The van der Waals surface area contributed by atoms with Crippen molar-refractivity contribution in [3.8, 4) is 0 Å². The third kappa shape index (κ3) is 3.22. The van der Waals surface area contributed by atoms with Crippen LogP contribution in [0.5, 0.6) is 0 Å². The molecule has 0 spiro atoms. The summed E-state index contributed by atoms with van der Waals surface area (Å²) >= 11 is 0. The molecular weight excluding hydrogens is 162 g/mol. The quantitative estimate of drug-likeness (QED) is 0.510. The Bertz CT molecular complexity index is 288. The van der Waals surface area contributed by atoms with Gasteiger partial charge in [0.25, 0.3) is 0 Å². The average Bonchev–Trinajstić information content (AvgIpc) is 2.19. The van der Waals surface area contributed by atoms with E-state index in [2.05, 4.69) is 24.0 Å². The standard InChI is InChI=1S/C11H13NO/c1-10(7-8-12-9-13)11-5-3-2-4-6-11/h2-6,10H,7-8H2,1H3. The summed E-state index contributed by atoms with van der Waals surface area (Å²) in [4.78, 5) is 13.4. The summed E-state index contributed by atoms with van der Waals surface area (Å²) in [5, 5.41) is 0. The molecule has 0 aliphatic rings. The fourth-order valence-corrected chi connectivity index (χ4v) is 1.25. The van der Waals surface area contributed by atoms with Gasteiger partial charge in [0.15, 0.2) is 0 Å². The van der Waals surface area contributed by atoms with Crippen molar-refractivity contribution in [2.45, 2.75) is 19.3 Å². The van der Waals surface area contributed by atoms with Crippen LogP contribution in [0.1, 0.15) is 24.8 Å². The Morgan fingerprint density at radius 2 is 2.08 bits per heavy atom. The Kier molecular flexibility index (Phi) is 3.94. The molecule has 0 bridgehead atoms. The van der Waals surface area contributed by atoms with Crippen molar-refractivity contribution in [1.29, 1.82) is 0 Å². The highest BCUT2D eigenvalue weighted by Gasteiger charge is 2.02. The first-order chi connectivity index (χ1) is 6.34. The number of nitrogens with zero attached hydrogens (tertiary/aromatic N) is 1. The van der Waals surface area contributed by atoms with E-state index >= 15 is 0 Å². The SMILES string of the molecule is CC(CCN=C=O)c1ccccc1. The van der Waals surface area contributed by atoms with Crippen LogP contribution in [0, 0.1) is 0 Å². The zero-order chi connectivity index (χ0) is 9.52. The second-order valence-electron chi connectivity index (χ2n) is 3.07. The molecule has 13 heavy (non-hydrogen) atoms. The highest BCUT2D eigenvalue weighted by molar-refractivity contribution is 5.32. The third-order valence-electron chi connectivity index (χ3n) is 2.11. The van der Waals surface area contributed by atoms with Gasteiger partial charge in [-0.1, -0.05) is 37.3 Å². The van der Waals surface area contributed by atoms with Crippen molar-refractivity contribution in [3.05, 3.63) is 35.9 Å². The van der Waals surface area contributed by atoms with E-state index in [4.69, 9.17) is 0 Å². The van der Waals surface area contributed by atoms with E-state index in [0.29, 0.717) is 12.5 Å². The van der Waals surface area contributed by atoms with Crippen molar-refractivity contribution in [2.75, 3.05) is 6.54 Å².